The fourth-order valence-corrected chi connectivity index (χ4v) is 2.15. The molecule has 1 aliphatic carbocycles. The Hall–Kier alpha value is -0.240. The Labute approximate surface area is 97.0 Å². The van der Waals surface area contributed by atoms with Crippen molar-refractivity contribution in [2.24, 2.45) is 0 Å². The van der Waals surface area contributed by atoms with Crippen molar-refractivity contribution in [2.45, 2.75) is 18.8 Å². The highest BCUT2D eigenvalue weighted by atomic mass is 35.5. The number of carbonyl (C=O) groups is 1. The third kappa shape index (κ3) is 1.65. The van der Waals surface area contributed by atoms with Crippen molar-refractivity contribution >= 4 is 40.6 Å². The molecule has 1 nitrogen and oxygen atoms in total. The lowest BCUT2D eigenvalue weighted by atomic mass is 9.79. The van der Waals surface area contributed by atoms with Crippen LogP contribution < -0.4 is 0 Å². The van der Waals surface area contributed by atoms with Crippen LogP contribution in [0.1, 0.15) is 24.3 Å². The van der Waals surface area contributed by atoms with Crippen LogP contribution in [0.15, 0.2) is 12.1 Å². The first-order valence-corrected chi connectivity index (χ1v) is 5.40. The summed E-state index contributed by atoms with van der Waals surface area (Å²) in [5.74, 6) is 0.224. The first-order valence-electron chi connectivity index (χ1n) is 4.26. The van der Waals surface area contributed by atoms with Gasteiger partial charge in [0.25, 0.3) is 0 Å². The molecule has 1 aromatic rings. The van der Waals surface area contributed by atoms with E-state index in [0.29, 0.717) is 21.5 Å². The molecule has 0 aromatic heterocycles. The van der Waals surface area contributed by atoms with Crippen LogP contribution in [0.5, 0.6) is 0 Å². The minimum absolute atomic E-state index is 0.0257. The van der Waals surface area contributed by atoms with Gasteiger partial charge in [-0.1, -0.05) is 34.8 Å². The zero-order valence-corrected chi connectivity index (χ0v) is 9.46. The number of ketones is 1. The van der Waals surface area contributed by atoms with Gasteiger partial charge in [0.2, 0.25) is 0 Å². The predicted octanol–water partition coefficient (Wildman–Crippen LogP) is 4.09. The quantitative estimate of drug-likeness (QED) is 0.685. The van der Waals surface area contributed by atoms with E-state index in [4.69, 9.17) is 34.8 Å². The number of hydrogen-bond donors (Lipinski definition) is 0. The maximum absolute atomic E-state index is 11.2. The number of halogens is 3. The summed E-state index contributed by atoms with van der Waals surface area (Å²) in [7, 11) is 0. The van der Waals surface area contributed by atoms with Gasteiger partial charge in [0.1, 0.15) is 5.78 Å². The number of benzene rings is 1. The van der Waals surface area contributed by atoms with Crippen LogP contribution in [0.2, 0.25) is 15.1 Å². The monoisotopic (exact) mass is 248 g/mol. The number of rotatable bonds is 1. The maximum atomic E-state index is 11.2. The Morgan fingerprint density at radius 2 is 1.71 bits per heavy atom. The topological polar surface area (TPSA) is 17.1 Å². The minimum Gasteiger partial charge on any atom is -0.299 e. The van der Waals surface area contributed by atoms with Gasteiger partial charge in [0.05, 0.1) is 15.1 Å². The Bertz CT molecular complexity index is 377. The molecule has 1 aliphatic rings. The highest BCUT2D eigenvalue weighted by Crippen LogP contribution is 2.39. The van der Waals surface area contributed by atoms with Crippen molar-refractivity contribution in [1.29, 1.82) is 0 Å². The normalized spacial score (nSPS) is 20.8. The second-order valence-electron chi connectivity index (χ2n) is 3.36. The summed E-state index contributed by atoms with van der Waals surface area (Å²) < 4.78 is 0. The molecule has 4 heteroatoms. The molecule has 0 spiro atoms. The van der Waals surface area contributed by atoms with Gasteiger partial charge >= 0.3 is 0 Å². The first-order chi connectivity index (χ1) is 6.59. The molecule has 0 N–H and O–H groups in total. The lowest BCUT2D eigenvalue weighted by Crippen LogP contribution is -2.23. The van der Waals surface area contributed by atoms with Gasteiger partial charge < -0.3 is 0 Å². The van der Waals surface area contributed by atoms with Crippen molar-refractivity contribution in [3.05, 3.63) is 32.8 Å². The molecule has 14 heavy (non-hydrogen) atoms. The third-order valence-corrected chi connectivity index (χ3v) is 3.67. The summed E-state index contributed by atoms with van der Waals surface area (Å²) in [5.41, 5.74) is 0.876. The lowest BCUT2D eigenvalue weighted by Gasteiger charge is -2.24. The molecule has 0 saturated heterocycles. The van der Waals surface area contributed by atoms with Crippen LogP contribution in [-0.4, -0.2) is 5.78 Å². The van der Waals surface area contributed by atoms with Gasteiger partial charge in [-0.05, 0) is 24.1 Å². The third-order valence-electron chi connectivity index (χ3n) is 2.48. The van der Waals surface area contributed by atoms with Crippen molar-refractivity contribution in [3.63, 3.8) is 0 Å². The van der Waals surface area contributed by atoms with E-state index in [-0.39, 0.29) is 11.7 Å². The summed E-state index contributed by atoms with van der Waals surface area (Å²) in [6.45, 7) is 0. The minimum atomic E-state index is -0.0257. The van der Waals surface area contributed by atoms with E-state index in [0.717, 1.165) is 12.0 Å². The van der Waals surface area contributed by atoms with E-state index in [2.05, 4.69) is 0 Å². The highest BCUT2D eigenvalue weighted by molar-refractivity contribution is 6.48. The van der Waals surface area contributed by atoms with Gasteiger partial charge in [0.15, 0.2) is 0 Å². The summed E-state index contributed by atoms with van der Waals surface area (Å²) in [4.78, 5) is 11.2. The van der Waals surface area contributed by atoms with Crippen molar-refractivity contribution in [3.8, 4) is 0 Å². The van der Waals surface area contributed by atoms with Gasteiger partial charge in [-0.25, -0.2) is 0 Å². The van der Waals surface area contributed by atoms with Crippen molar-refractivity contribution in [1.82, 2.24) is 0 Å². The van der Waals surface area contributed by atoms with E-state index >= 15 is 0 Å². The molecule has 2 rings (SSSR count). The van der Waals surface area contributed by atoms with Crippen molar-refractivity contribution < 1.29 is 4.79 Å². The van der Waals surface area contributed by atoms with Gasteiger partial charge in [0, 0.05) is 12.3 Å². The Morgan fingerprint density at radius 1 is 1.14 bits per heavy atom. The van der Waals surface area contributed by atoms with Crippen LogP contribution in [0.3, 0.4) is 0 Å². The smallest absolute Gasteiger partial charge is 0.140 e. The van der Waals surface area contributed by atoms with Crippen LogP contribution in [0.4, 0.5) is 0 Å². The highest BCUT2D eigenvalue weighted by Gasteiger charge is 2.30. The maximum Gasteiger partial charge on any atom is 0.140 e. The number of hydrogen-bond acceptors (Lipinski definition) is 1. The summed E-state index contributed by atoms with van der Waals surface area (Å²) in [6, 6.07) is 3.44. The van der Waals surface area contributed by atoms with Gasteiger partial charge in [-0.15, -0.1) is 0 Å². The van der Waals surface area contributed by atoms with Crippen LogP contribution >= 0.6 is 34.8 Å². The molecule has 0 amide bonds. The molecule has 1 saturated carbocycles. The summed E-state index contributed by atoms with van der Waals surface area (Å²) >= 11 is 17.5. The second kappa shape index (κ2) is 3.73. The molecule has 1 fully saturated rings. The Kier molecular flexibility index (Phi) is 2.74. The molecule has 74 valence electrons. The van der Waals surface area contributed by atoms with Gasteiger partial charge in [-0.3, -0.25) is 4.79 Å². The molecule has 0 aliphatic heterocycles. The number of Topliss-reactive ketones (excluding diaryl/α,β-unsaturated/α-hetero) is 1. The van der Waals surface area contributed by atoms with E-state index < -0.39 is 0 Å². The molecule has 1 aromatic carbocycles. The predicted molar refractivity (Wildman–Crippen MR) is 58.5 cm³/mol. The summed E-state index contributed by atoms with van der Waals surface area (Å²) in [5, 5.41) is 1.17. The van der Waals surface area contributed by atoms with E-state index in [1.807, 2.05) is 0 Å². The molecular formula is C10H7Cl3O. The first kappa shape index (κ1) is 10.3. The van der Waals surface area contributed by atoms with Crippen LogP contribution in [0, 0.1) is 0 Å². The largest absolute Gasteiger partial charge is 0.299 e. The fraction of sp³-hybridized carbons (Fsp3) is 0.300. The van der Waals surface area contributed by atoms with Crippen LogP contribution in [0.25, 0.3) is 0 Å². The van der Waals surface area contributed by atoms with Crippen molar-refractivity contribution in [2.75, 3.05) is 0 Å². The zero-order valence-electron chi connectivity index (χ0n) is 7.19. The molecule has 0 radical (unpaired) electrons. The molecule has 1 unspecified atom stereocenters. The average molecular weight is 250 g/mol. The fourth-order valence-electron chi connectivity index (χ4n) is 1.54. The SMILES string of the molecule is O=C1CCC1c1cc(Cl)c(Cl)c(Cl)c1. The van der Waals surface area contributed by atoms with Crippen LogP contribution in [-0.2, 0) is 4.79 Å². The lowest BCUT2D eigenvalue weighted by molar-refractivity contribution is -0.125. The standard InChI is InChI=1S/C10H7Cl3O/c11-7-3-5(4-8(12)10(7)13)6-1-2-9(6)14/h3-4,6H,1-2H2. The molecule has 1 atom stereocenters. The van der Waals surface area contributed by atoms with Gasteiger partial charge in [-0.2, -0.15) is 0 Å². The van der Waals surface area contributed by atoms with E-state index in [1.54, 1.807) is 12.1 Å². The summed E-state index contributed by atoms with van der Waals surface area (Å²) in [6.07, 6.45) is 1.54. The molecular weight excluding hydrogens is 242 g/mol. The molecule has 0 bridgehead atoms. The molecule has 0 heterocycles. The average Bonchev–Trinajstić information content (AvgIpc) is 2.11. The Balaban J connectivity index is 2.40. The second-order valence-corrected chi connectivity index (χ2v) is 4.55. The van der Waals surface area contributed by atoms with E-state index in [1.165, 1.54) is 0 Å². The zero-order chi connectivity index (χ0) is 10.3. The van der Waals surface area contributed by atoms with E-state index in [9.17, 15) is 4.79 Å². The number of carbonyl (C=O) groups excluding carboxylic acids is 1. The Morgan fingerprint density at radius 3 is 2.07 bits per heavy atom.